The zero-order valence-corrected chi connectivity index (χ0v) is 19.2. The lowest BCUT2D eigenvalue weighted by Crippen LogP contribution is -2.36. The number of hydrogen-bond donors (Lipinski definition) is 1. The molecule has 0 aliphatic carbocycles. The van der Waals surface area contributed by atoms with Crippen molar-refractivity contribution >= 4 is 39.3 Å². The van der Waals surface area contributed by atoms with Crippen LogP contribution in [0.3, 0.4) is 0 Å². The molecule has 2 heterocycles. The lowest BCUT2D eigenvalue weighted by molar-refractivity contribution is -0.385. The highest BCUT2D eigenvalue weighted by molar-refractivity contribution is 7.19. The number of benzene rings is 2. The van der Waals surface area contributed by atoms with Gasteiger partial charge in [-0.15, -0.1) is 10.2 Å². The van der Waals surface area contributed by atoms with Crippen molar-refractivity contribution in [2.24, 2.45) is 0 Å². The summed E-state index contributed by atoms with van der Waals surface area (Å²) in [5.74, 6) is -0.0957. The summed E-state index contributed by atoms with van der Waals surface area (Å²) in [4.78, 5) is 25.3. The van der Waals surface area contributed by atoms with E-state index in [1.54, 1.807) is 42.5 Å². The first-order valence-electron chi connectivity index (χ1n) is 10.6. The first-order valence-corrected chi connectivity index (χ1v) is 11.4. The molecule has 4 rings (SSSR count). The molecular formula is C23H20N6O5S. The van der Waals surface area contributed by atoms with Gasteiger partial charge in [0.05, 0.1) is 23.7 Å². The number of anilines is 2. The second kappa shape index (κ2) is 11.2. The van der Waals surface area contributed by atoms with Crippen LogP contribution in [-0.2, 0) is 16.1 Å². The molecule has 1 aliphatic rings. The molecule has 35 heavy (non-hydrogen) atoms. The first-order chi connectivity index (χ1) is 17.0. The fourth-order valence-corrected chi connectivity index (χ4v) is 4.05. The fraction of sp³-hybridized carbons (Fsp3) is 0.217. The number of para-hydroxylation sites is 1. The molecule has 1 N–H and O–H groups in total. The highest BCUT2D eigenvalue weighted by Crippen LogP contribution is 2.25. The van der Waals surface area contributed by atoms with Gasteiger partial charge in [0.15, 0.2) is 0 Å². The molecule has 1 aliphatic heterocycles. The van der Waals surface area contributed by atoms with Crippen molar-refractivity contribution < 1.29 is 19.2 Å². The molecule has 0 bridgehead atoms. The van der Waals surface area contributed by atoms with Crippen LogP contribution in [0.2, 0.25) is 0 Å². The van der Waals surface area contributed by atoms with Gasteiger partial charge in [0.1, 0.15) is 24.0 Å². The number of nitrogens with zero attached hydrogens (tertiary/aromatic N) is 5. The molecule has 11 nitrogen and oxygen atoms in total. The Morgan fingerprint density at radius 3 is 2.69 bits per heavy atom. The molecule has 0 atom stereocenters. The maximum Gasteiger partial charge on any atom is 0.276 e. The minimum absolute atomic E-state index is 0.00998. The molecule has 0 spiro atoms. The third-order valence-corrected chi connectivity index (χ3v) is 5.95. The topological polar surface area (TPSA) is 144 Å². The average Bonchev–Trinajstić information content (AvgIpc) is 3.35. The molecule has 2 aromatic carbocycles. The molecule has 0 saturated carbocycles. The van der Waals surface area contributed by atoms with Gasteiger partial charge in [-0.1, -0.05) is 35.6 Å². The SMILES string of the molecule is N#CC(=Cc1ccc(OCc2ccccc2[N+](=O)[O-])cc1)C(=O)Nc1nnc(N2CCOCC2)s1. The minimum Gasteiger partial charge on any atom is -0.489 e. The highest BCUT2D eigenvalue weighted by atomic mass is 32.1. The lowest BCUT2D eigenvalue weighted by atomic mass is 10.1. The lowest BCUT2D eigenvalue weighted by Gasteiger charge is -2.25. The number of nitrogens with one attached hydrogen (secondary N) is 1. The third kappa shape index (κ3) is 6.17. The number of hydrogen-bond acceptors (Lipinski definition) is 10. The zero-order chi connectivity index (χ0) is 24.6. The number of carbonyl (C=O) groups excluding carboxylic acids is 1. The van der Waals surface area contributed by atoms with Crippen molar-refractivity contribution in [2.75, 3.05) is 36.5 Å². The van der Waals surface area contributed by atoms with Crippen LogP contribution in [0, 0.1) is 21.4 Å². The number of nitro benzene ring substituents is 1. The summed E-state index contributed by atoms with van der Waals surface area (Å²) in [6.45, 7) is 2.66. The van der Waals surface area contributed by atoms with E-state index in [4.69, 9.17) is 9.47 Å². The normalized spacial score (nSPS) is 13.7. The Labute approximate surface area is 204 Å². The van der Waals surface area contributed by atoms with Crippen molar-refractivity contribution in [3.05, 3.63) is 75.3 Å². The van der Waals surface area contributed by atoms with Crippen molar-refractivity contribution in [1.29, 1.82) is 5.26 Å². The number of ether oxygens (including phenoxy) is 2. The Bertz CT molecular complexity index is 1280. The second-order valence-electron chi connectivity index (χ2n) is 7.36. The van der Waals surface area contributed by atoms with Crippen molar-refractivity contribution in [2.45, 2.75) is 6.61 Å². The van der Waals surface area contributed by atoms with Gasteiger partial charge >= 0.3 is 0 Å². The summed E-state index contributed by atoms with van der Waals surface area (Å²) >= 11 is 1.23. The van der Waals surface area contributed by atoms with E-state index in [-0.39, 0.29) is 17.9 Å². The smallest absolute Gasteiger partial charge is 0.276 e. The molecule has 3 aromatic rings. The molecule has 1 amide bonds. The van der Waals surface area contributed by atoms with Crippen LogP contribution >= 0.6 is 11.3 Å². The Morgan fingerprint density at radius 1 is 1.23 bits per heavy atom. The first kappa shape index (κ1) is 23.8. The van der Waals surface area contributed by atoms with Crippen LogP contribution in [-0.4, -0.2) is 47.3 Å². The van der Waals surface area contributed by atoms with Gasteiger partial charge in [-0.2, -0.15) is 5.26 Å². The molecule has 1 aromatic heterocycles. The Kier molecular flexibility index (Phi) is 7.61. The van der Waals surface area contributed by atoms with Gasteiger partial charge in [-0.3, -0.25) is 20.2 Å². The van der Waals surface area contributed by atoms with E-state index < -0.39 is 10.8 Å². The number of aromatic nitrogens is 2. The summed E-state index contributed by atoms with van der Waals surface area (Å²) < 4.78 is 11.0. The molecule has 0 unspecified atom stereocenters. The zero-order valence-electron chi connectivity index (χ0n) is 18.4. The number of rotatable bonds is 8. The minimum atomic E-state index is -0.589. The Morgan fingerprint density at radius 2 is 1.97 bits per heavy atom. The van der Waals surface area contributed by atoms with Gasteiger partial charge < -0.3 is 14.4 Å². The summed E-state index contributed by atoms with van der Waals surface area (Å²) in [5.41, 5.74) is 0.963. The van der Waals surface area contributed by atoms with Crippen LogP contribution in [0.15, 0.2) is 54.1 Å². The summed E-state index contributed by atoms with van der Waals surface area (Å²) in [7, 11) is 0. The predicted octanol–water partition coefficient (Wildman–Crippen LogP) is 3.41. The van der Waals surface area contributed by atoms with Crippen molar-refractivity contribution in [3.8, 4) is 11.8 Å². The monoisotopic (exact) mass is 492 g/mol. The summed E-state index contributed by atoms with van der Waals surface area (Å²) in [6, 6.07) is 14.9. The Balaban J connectivity index is 1.37. The van der Waals surface area contributed by atoms with Crippen LogP contribution in [0.4, 0.5) is 16.0 Å². The van der Waals surface area contributed by atoms with Gasteiger partial charge in [-0.25, -0.2) is 0 Å². The van der Waals surface area contributed by atoms with E-state index in [0.29, 0.717) is 53.4 Å². The number of nitro groups is 1. The second-order valence-corrected chi connectivity index (χ2v) is 8.31. The van der Waals surface area contributed by atoms with E-state index in [2.05, 4.69) is 15.5 Å². The van der Waals surface area contributed by atoms with Crippen LogP contribution < -0.4 is 15.0 Å². The number of carbonyl (C=O) groups is 1. The van der Waals surface area contributed by atoms with Gasteiger partial charge in [0, 0.05) is 19.2 Å². The molecule has 178 valence electrons. The molecule has 1 fully saturated rings. The quantitative estimate of drug-likeness (QED) is 0.216. The predicted molar refractivity (Wildman–Crippen MR) is 129 cm³/mol. The molecule has 1 saturated heterocycles. The third-order valence-electron chi connectivity index (χ3n) is 5.06. The Hall–Kier alpha value is -4.34. The number of nitriles is 1. The maximum atomic E-state index is 12.6. The van der Waals surface area contributed by atoms with Gasteiger partial charge in [-0.05, 0) is 29.8 Å². The van der Waals surface area contributed by atoms with Crippen LogP contribution in [0.25, 0.3) is 6.08 Å². The largest absolute Gasteiger partial charge is 0.489 e. The number of morpholine rings is 1. The van der Waals surface area contributed by atoms with Crippen LogP contribution in [0.1, 0.15) is 11.1 Å². The standard InChI is InChI=1S/C23H20N6O5S/c24-14-18(21(30)25-22-26-27-23(35-22)28-9-11-33-12-10-28)13-16-5-7-19(8-6-16)34-15-17-3-1-2-4-20(17)29(31)32/h1-8,13H,9-12,15H2,(H,25,26,30). The van der Waals surface area contributed by atoms with E-state index in [1.165, 1.54) is 23.5 Å². The van der Waals surface area contributed by atoms with E-state index in [9.17, 15) is 20.2 Å². The van der Waals surface area contributed by atoms with E-state index in [0.717, 1.165) is 0 Å². The average molecular weight is 493 g/mol. The van der Waals surface area contributed by atoms with Gasteiger partial charge in [0.2, 0.25) is 10.3 Å². The summed E-state index contributed by atoms with van der Waals surface area (Å²) in [6.07, 6.45) is 1.45. The maximum absolute atomic E-state index is 12.6. The molecule has 0 radical (unpaired) electrons. The van der Waals surface area contributed by atoms with Crippen molar-refractivity contribution in [3.63, 3.8) is 0 Å². The van der Waals surface area contributed by atoms with E-state index >= 15 is 0 Å². The summed E-state index contributed by atoms with van der Waals surface area (Å²) in [5, 5.41) is 32.3. The van der Waals surface area contributed by atoms with E-state index in [1.807, 2.05) is 11.0 Å². The number of amides is 1. The molecule has 12 heteroatoms. The van der Waals surface area contributed by atoms with Crippen LogP contribution in [0.5, 0.6) is 5.75 Å². The molecular weight excluding hydrogens is 472 g/mol. The van der Waals surface area contributed by atoms with Crippen molar-refractivity contribution in [1.82, 2.24) is 10.2 Å². The highest BCUT2D eigenvalue weighted by Gasteiger charge is 2.18. The fourth-order valence-electron chi connectivity index (χ4n) is 3.26. The van der Waals surface area contributed by atoms with Gasteiger partial charge in [0.25, 0.3) is 11.6 Å².